The van der Waals surface area contributed by atoms with Crippen LogP contribution in [0.15, 0.2) is 30.3 Å². The van der Waals surface area contributed by atoms with Crippen molar-refractivity contribution in [3.8, 4) is 6.07 Å². The third-order valence-corrected chi connectivity index (χ3v) is 4.15. The van der Waals surface area contributed by atoms with Crippen LogP contribution < -0.4 is 5.32 Å². The van der Waals surface area contributed by atoms with Gasteiger partial charge < -0.3 is 5.32 Å². The fraction of sp³-hybridized carbons (Fsp3) is 0.316. The SMILES string of the molecule is CC1(C)CC(=O)c2ccc(Nc3ccc(CC#N)c(F)c3)nc2C1. The topological polar surface area (TPSA) is 65.8 Å². The molecule has 0 unspecified atom stereocenters. The van der Waals surface area contributed by atoms with Crippen LogP contribution in [0.4, 0.5) is 15.9 Å². The summed E-state index contributed by atoms with van der Waals surface area (Å²) in [6.45, 7) is 4.11. The normalized spacial score (nSPS) is 15.5. The summed E-state index contributed by atoms with van der Waals surface area (Å²) >= 11 is 0. The highest BCUT2D eigenvalue weighted by molar-refractivity contribution is 5.98. The number of aromatic nitrogens is 1. The van der Waals surface area contributed by atoms with E-state index in [1.807, 2.05) is 6.07 Å². The first kappa shape index (κ1) is 16.1. The van der Waals surface area contributed by atoms with Crippen molar-refractivity contribution in [3.05, 3.63) is 53.0 Å². The molecule has 1 aliphatic carbocycles. The van der Waals surface area contributed by atoms with Crippen LogP contribution in [0.25, 0.3) is 0 Å². The second-order valence-electron chi connectivity index (χ2n) is 6.90. The summed E-state index contributed by atoms with van der Waals surface area (Å²) in [5, 5.41) is 11.7. The Kier molecular flexibility index (Phi) is 4.06. The Morgan fingerprint density at radius 2 is 2.08 bits per heavy atom. The number of Topliss-reactive ketones (excluding diaryl/α,β-unsaturated/α-hetero) is 1. The zero-order chi connectivity index (χ0) is 17.3. The van der Waals surface area contributed by atoms with Gasteiger partial charge in [0.15, 0.2) is 5.78 Å². The molecular formula is C19H18FN3O. The number of fused-ring (bicyclic) bond motifs is 1. The van der Waals surface area contributed by atoms with Crippen LogP contribution in [0.3, 0.4) is 0 Å². The van der Waals surface area contributed by atoms with Crippen molar-refractivity contribution in [1.29, 1.82) is 5.26 Å². The number of halogens is 1. The van der Waals surface area contributed by atoms with E-state index in [1.54, 1.807) is 24.3 Å². The van der Waals surface area contributed by atoms with Gasteiger partial charge in [-0.3, -0.25) is 4.79 Å². The van der Waals surface area contributed by atoms with E-state index in [0.29, 0.717) is 29.1 Å². The van der Waals surface area contributed by atoms with Crippen LogP contribution in [0, 0.1) is 22.6 Å². The molecule has 1 aromatic heterocycles. The molecule has 0 bridgehead atoms. The molecule has 0 saturated carbocycles. The number of ketones is 1. The number of benzene rings is 1. The molecule has 1 heterocycles. The fourth-order valence-corrected chi connectivity index (χ4v) is 3.01. The highest BCUT2D eigenvalue weighted by Crippen LogP contribution is 2.34. The van der Waals surface area contributed by atoms with Gasteiger partial charge in [-0.05, 0) is 36.1 Å². The van der Waals surface area contributed by atoms with E-state index < -0.39 is 5.82 Å². The van der Waals surface area contributed by atoms with E-state index in [2.05, 4.69) is 24.1 Å². The van der Waals surface area contributed by atoms with E-state index in [9.17, 15) is 9.18 Å². The third kappa shape index (κ3) is 3.28. The van der Waals surface area contributed by atoms with Crippen molar-refractivity contribution in [3.63, 3.8) is 0 Å². The van der Waals surface area contributed by atoms with Crippen LogP contribution in [-0.2, 0) is 12.8 Å². The molecular weight excluding hydrogens is 305 g/mol. The predicted octanol–water partition coefficient (Wildman–Crippen LogP) is 4.19. The zero-order valence-corrected chi connectivity index (χ0v) is 13.7. The number of hydrogen-bond acceptors (Lipinski definition) is 4. The molecule has 0 spiro atoms. The number of nitriles is 1. The molecule has 0 amide bonds. The van der Waals surface area contributed by atoms with Gasteiger partial charge in [-0.25, -0.2) is 9.37 Å². The first-order valence-electron chi connectivity index (χ1n) is 7.83. The number of nitrogens with one attached hydrogen (secondary N) is 1. The highest BCUT2D eigenvalue weighted by Gasteiger charge is 2.31. The van der Waals surface area contributed by atoms with Crippen molar-refractivity contribution >= 4 is 17.3 Å². The molecule has 3 rings (SSSR count). The van der Waals surface area contributed by atoms with Gasteiger partial charge in [0, 0.05) is 23.2 Å². The molecule has 0 radical (unpaired) electrons. The second kappa shape index (κ2) is 6.04. The summed E-state index contributed by atoms with van der Waals surface area (Å²) in [7, 11) is 0. The number of carbonyl (C=O) groups is 1. The van der Waals surface area contributed by atoms with Gasteiger partial charge in [-0.15, -0.1) is 0 Å². The molecule has 1 N–H and O–H groups in total. The van der Waals surface area contributed by atoms with Crippen molar-refractivity contribution in [2.45, 2.75) is 33.1 Å². The molecule has 0 saturated heterocycles. The minimum atomic E-state index is -0.421. The second-order valence-corrected chi connectivity index (χ2v) is 6.90. The number of rotatable bonds is 3. The molecule has 24 heavy (non-hydrogen) atoms. The number of carbonyl (C=O) groups excluding carboxylic acids is 1. The Bertz CT molecular complexity index is 852. The lowest BCUT2D eigenvalue weighted by molar-refractivity contribution is 0.0910. The van der Waals surface area contributed by atoms with Gasteiger partial charge in [0.25, 0.3) is 0 Å². The average Bonchev–Trinajstić information content (AvgIpc) is 2.48. The van der Waals surface area contributed by atoms with E-state index in [-0.39, 0.29) is 17.6 Å². The summed E-state index contributed by atoms with van der Waals surface area (Å²) in [5.74, 6) is 0.273. The number of pyridine rings is 1. The van der Waals surface area contributed by atoms with Crippen molar-refractivity contribution < 1.29 is 9.18 Å². The molecule has 1 aliphatic rings. The molecule has 2 aromatic rings. The Hall–Kier alpha value is -2.74. The lowest BCUT2D eigenvalue weighted by Crippen LogP contribution is -2.27. The largest absolute Gasteiger partial charge is 0.340 e. The Labute approximate surface area is 140 Å². The maximum Gasteiger partial charge on any atom is 0.165 e. The minimum Gasteiger partial charge on any atom is -0.340 e. The van der Waals surface area contributed by atoms with E-state index in [4.69, 9.17) is 5.26 Å². The maximum atomic E-state index is 13.9. The highest BCUT2D eigenvalue weighted by atomic mass is 19.1. The molecule has 0 aliphatic heterocycles. The first-order valence-corrected chi connectivity index (χ1v) is 7.83. The van der Waals surface area contributed by atoms with E-state index >= 15 is 0 Å². The van der Waals surface area contributed by atoms with Crippen molar-refractivity contribution in [1.82, 2.24) is 4.98 Å². The monoisotopic (exact) mass is 323 g/mol. The Balaban J connectivity index is 1.86. The summed E-state index contributed by atoms with van der Waals surface area (Å²) in [5.41, 5.74) is 2.29. The summed E-state index contributed by atoms with van der Waals surface area (Å²) in [4.78, 5) is 16.7. The quantitative estimate of drug-likeness (QED) is 0.920. The van der Waals surface area contributed by atoms with Gasteiger partial charge in [0.05, 0.1) is 18.2 Å². The molecule has 5 heteroatoms. The van der Waals surface area contributed by atoms with Crippen LogP contribution in [0.5, 0.6) is 0 Å². The van der Waals surface area contributed by atoms with E-state index in [0.717, 1.165) is 12.1 Å². The maximum absolute atomic E-state index is 13.9. The lowest BCUT2D eigenvalue weighted by atomic mass is 9.76. The van der Waals surface area contributed by atoms with Gasteiger partial charge in [-0.2, -0.15) is 5.26 Å². The molecule has 0 atom stereocenters. The Morgan fingerprint density at radius 3 is 2.79 bits per heavy atom. The van der Waals surface area contributed by atoms with Gasteiger partial charge in [-0.1, -0.05) is 19.9 Å². The van der Waals surface area contributed by atoms with Gasteiger partial charge in [0.1, 0.15) is 11.6 Å². The predicted molar refractivity (Wildman–Crippen MR) is 89.7 cm³/mol. The Morgan fingerprint density at radius 1 is 1.29 bits per heavy atom. The summed E-state index contributed by atoms with van der Waals surface area (Å²) < 4.78 is 13.9. The van der Waals surface area contributed by atoms with Crippen molar-refractivity contribution in [2.24, 2.45) is 5.41 Å². The third-order valence-electron chi connectivity index (χ3n) is 4.15. The van der Waals surface area contributed by atoms with Crippen LogP contribution in [-0.4, -0.2) is 10.8 Å². The fourth-order valence-electron chi connectivity index (χ4n) is 3.01. The molecule has 122 valence electrons. The van der Waals surface area contributed by atoms with E-state index in [1.165, 1.54) is 6.07 Å². The molecule has 0 fully saturated rings. The number of hydrogen-bond donors (Lipinski definition) is 1. The minimum absolute atomic E-state index is 0.0421. The smallest absolute Gasteiger partial charge is 0.165 e. The average molecular weight is 323 g/mol. The molecule has 1 aromatic carbocycles. The lowest BCUT2D eigenvalue weighted by Gasteiger charge is -2.29. The zero-order valence-electron chi connectivity index (χ0n) is 13.7. The van der Waals surface area contributed by atoms with Gasteiger partial charge >= 0.3 is 0 Å². The first-order chi connectivity index (χ1) is 11.4. The van der Waals surface area contributed by atoms with Crippen LogP contribution >= 0.6 is 0 Å². The van der Waals surface area contributed by atoms with Gasteiger partial charge in [0.2, 0.25) is 0 Å². The standard InChI is InChI=1S/C19H18FN3O/c1-19(2)10-16-14(17(24)11-19)5-6-18(23-16)22-13-4-3-12(7-8-21)15(20)9-13/h3-6,9H,7,10-11H2,1-2H3,(H,22,23). The van der Waals surface area contributed by atoms with Crippen LogP contribution in [0.2, 0.25) is 0 Å². The number of anilines is 2. The van der Waals surface area contributed by atoms with Crippen LogP contribution in [0.1, 0.15) is 41.9 Å². The summed E-state index contributed by atoms with van der Waals surface area (Å²) in [6.07, 6.45) is 1.31. The number of nitrogens with zero attached hydrogens (tertiary/aromatic N) is 2. The van der Waals surface area contributed by atoms with Crippen molar-refractivity contribution in [2.75, 3.05) is 5.32 Å². The molecule has 4 nitrogen and oxygen atoms in total. The summed E-state index contributed by atoms with van der Waals surface area (Å²) in [6, 6.07) is 10.1.